The number of rotatable bonds is 3. The first kappa shape index (κ1) is 11.5. The van der Waals surface area contributed by atoms with Gasteiger partial charge in [-0.05, 0) is 37.3 Å². The summed E-state index contributed by atoms with van der Waals surface area (Å²) in [5.74, 6) is 0.768. The van der Waals surface area contributed by atoms with Crippen molar-refractivity contribution in [2.75, 3.05) is 0 Å². The largest absolute Gasteiger partial charge is 0.478 e. The lowest BCUT2D eigenvalue weighted by atomic mass is 10.2. The van der Waals surface area contributed by atoms with E-state index in [1.165, 1.54) is 0 Å². The van der Waals surface area contributed by atoms with Gasteiger partial charge >= 0.3 is 5.97 Å². The van der Waals surface area contributed by atoms with Gasteiger partial charge in [0.25, 0.3) is 0 Å². The number of fused-ring (bicyclic) bond motifs is 1. The van der Waals surface area contributed by atoms with Crippen LogP contribution in [0.3, 0.4) is 0 Å². The Labute approximate surface area is 109 Å². The fourth-order valence-corrected chi connectivity index (χ4v) is 2.06. The van der Waals surface area contributed by atoms with Crippen molar-refractivity contribution in [2.45, 2.75) is 13.5 Å². The third-order valence-corrected chi connectivity index (χ3v) is 2.99. The summed E-state index contributed by atoms with van der Waals surface area (Å²) in [7, 11) is 0. The van der Waals surface area contributed by atoms with Gasteiger partial charge in [-0.1, -0.05) is 0 Å². The van der Waals surface area contributed by atoms with E-state index in [0.29, 0.717) is 12.1 Å². The van der Waals surface area contributed by atoms with Crippen molar-refractivity contribution in [1.82, 2.24) is 9.55 Å². The zero-order valence-corrected chi connectivity index (χ0v) is 10.3. The summed E-state index contributed by atoms with van der Waals surface area (Å²) < 4.78 is 7.45. The number of aromatic nitrogens is 2. The average Bonchev–Trinajstić information content (AvgIpc) is 2.96. The molecule has 19 heavy (non-hydrogen) atoms. The fraction of sp³-hybridized carbons (Fsp3) is 0.143. The normalized spacial score (nSPS) is 11.0. The molecule has 0 radical (unpaired) electrons. The lowest BCUT2D eigenvalue weighted by molar-refractivity contribution is 0.0697. The first-order valence-corrected chi connectivity index (χ1v) is 5.87. The topological polar surface area (TPSA) is 68.3 Å². The van der Waals surface area contributed by atoms with Crippen molar-refractivity contribution >= 4 is 17.0 Å². The van der Waals surface area contributed by atoms with E-state index in [9.17, 15) is 4.79 Å². The van der Waals surface area contributed by atoms with E-state index in [4.69, 9.17) is 9.52 Å². The minimum absolute atomic E-state index is 0.242. The Kier molecular flexibility index (Phi) is 2.59. The highest BCUT2D eigenvalue weighted by atomic mass is 16.4. The zero-order chi connectivity index (χ0) is 13.4. The summed E-state index contributed by atoms with van der Waals surface area (Å²) >= 11 is 0. The maximum absolute atomic E-state index is 10.9. The molecular formula is C14H12N2O3. The maximum atomic E-state index is 10.9. The molecule has 0 spiro atoms. The number of imidazole rings is 1. The number of carboxylic acids is 1. The lowest BCUT2D eigenvalue weighted by Crippen LogP contribution is -1.98. The third-order valence-electron chi connectivity index (χ3n) is 2.99. The monoisotopic (exact) mass is 256 g/mol. The van der Waals surface area contributed by atoms with Crippen LogP contribution in [-0.4, -0.2) is 20.6 Å². The van der Waals surface area contributed by atoms with Crippen LogP contribution >= 0.6 is 0 Å². The number of aromatic carboxylic acids is 1. The minimum Gasteiger partial charge on any atom is -0.478 e. The van der Waals surface area contributed by atoms with Crippen LogP contribution in [0.1, 0.15) is 21.9 Å². The highest BCUT2D eigenvalue weighted by Gasteiger charge is 2.09. The summed E-state index contributed by atoms with van der Waals surface area (Å²) in [5, 5.41) is 8.94. The second kappa shape index (κ2) is 4.28. The van der Waals surface area contributed by atoms with E-state index in [1.807, 2.05) is 23.6 Å². The predicted octanol–water partition coefficient (Wildman–Crippen LogP) is 2.68. The number of carboxylic acid groups (broad SMARTS) is 1. The second-order valence-electron chi connectivity index (χ2n) is 4.39. The van der Waals surface area contributed by atoms with Crippen molar-refractivity contribution in [3.63, 3.8) is 0 Å². The molecule has 1 aromatic carbocycles. The Morgan fingerprint density at radius 2 is 2.21 bits per heavy atom. The van der Waals surface area contributed by atoms with E-state index in [-0.39, 0.29) is 5.56 Å². The number of benzene rings is 1. The van der Waals surface area contributed by atoms with Crippen molar-refractivity contribution < 1.29 is 14.3 Å². The van der Waals surface area contributed by atoms with Gasteiger partial charge in [0.15, 0.2) is 0 Å². The van der Waals surface area contributed by atoms with Crippen LogP contribution in [0, 0.1) is 6.92 Å². The molecule has 5 nitrogen and oxygen atoms in total. The van der Waals surface area contributed by atoms with Gasteiger partial charge in [-0.25, -0.2) is 9.78 Å². The van der Waals surface area contributed by atoms with Crippen LogP contribution in [-0.2, 0) is 6.54 Å². The van der Waals surface area contributed by atoms with Crippen molar-refractivity contribution in [1.29, 1.82) is 0 Å². The summed E-state index contributed by atoms with van der Waals surface area (Å²) in [6.07, 6.45) is 1.69. The van der Waals surface area contributed by atoms with E-state index in [2.05, 4.69) is 4.98 Å². The molecule has 0 atom stereocenters. The molecule has 0 unspecified atom stereocenters. The Hall–Kier alpha value is -2.56. The van der Waals surface area contributed by atoms with Gasteiger partial charge in [0.2, 0.25) is 0 Å². The Bertz CT molecular complexity index is 755. The minimum atomic E-state index is -0.946. The Morgan fingerprint density at radius 3 is 2.89 bits per heavy atom. The van der Waals surface area contributed by atoms with Crippen LogP contribution in [0.25, 0.3) is 11.0 Å². The van der Waals surface area contributed by atoms with Crippen molar-refractivity contribution in [3.05, 3.63) is 53.7 Å². The molecule has 0 aliphatic carbocycles. The van der Waals surface area contributed by atoms with Gasteiger partial charge in [-0.2, -0.15) is 0 Å². The lowest BCUT2D eigenvalue weighted by Gasteiger charge is -2.02. The van der Waals surface area contributed by atoms with Crippen LogP contribution in [0.15, 0.2) is 41.1 Å². The van der Waals surface area contributed by atoms with E-state index < -0.39 is 5.97 Å². The molecular weight excluding hydrogens is 244 g/mol. The van der Waals surface area contributed by atoms with E-state index in [1.54, 1.807) is 24.5 Å². The molecule has 0 saturated carbocycles. The molecule has 3 rings (SSSR count). The summed E-state index contributed by atoms with van der Waals surface area (Å²) in [4.78, 5) is 15.1. The molecule has 2 aromatic heterocycles. The quantitative estimate of drug-likeness (QED) is 0.782. The molecule has 5 heteroatoms. The SMILES string of the molecule is Cc1ccc(Cn2cnc3cc(C(=O)O)ccc32)o1. The molecule has 0 aliphatic rings. The first-order valence-electron chi connectivity index (χ1n) is 5.87. The van der Waals surface area contributed by atoms with Gasteiger partial charge in [0.05, 0.1) is 29.5 Å². The van der Waals surface area contributed by atoms with Gasteiger partial charge in [0.1, 0.15) is 11.5 Å². The van der Waals surface area contributed by atoms with Crippen LogP contribution in [0.2, 0.25) is 0 Å². The molecule has 0 saturated heterocycles. The molecule has 1 N–H and O–H groups in total. The van der Waals surface area contributed by atoms with Gasteiger partial charge in [0, 0.05) is 0 Å². The molecule has 0 fully saturated rings. The molecule has 0 bridgehead atoms. The number of hydrogen-bond acceptors (Lipinski definition) is 3. The van der Waals surface area contributed by atoms with Crippen LogP contribution in [0.4, 0.5) is 0 Å². The smallest absolute Gasteiger partial charge is 0.335 e. The molecule has 0 aliphatic heterocycles. The number of carbonyl (C=O) groups is 1. The number of hydrogen-bond donors (Lipinski definition) is 1. The van der Waals surface area contributed by atoms with Gasteiger partial charge in [-0.15, -0.1) is 0 Å². The van der Waals surface area contributed by atoms with Crippen molar-refractivity contribution in [3.8, 4) is 0 Å². The molecule has 2 heterocycles. The van der Waals surface area contributed by atoms with Crippen LogP contribution in [0.5, 0.6) is 0 Å². The maximum Gasteiger partial charge on any atom is 0.335 e. The molecule has 96 valence electrons. The van der Waals surface area contributed by atoms with Gasteiger partial charge in [-0.3, -0.25) is 0 Å². The summed E-state index contributed by atoms with van der Waals surface area (Å²) in [6.45, 7) is 2.48. The fourth-order valence-electron chi connectivity index (χ4n) is 2.06. The predicted molar refractivity (Wildman–Crippen MR) is 69.2 cm³/mol. The zero-order valence-electron chi connectivity index (χ0n) is 10.3. The summed E-state index contributed by atoms with van der Waals surface area (Å²) in [5.41, 5.74) is 1.80. The Morgan fingerprint density at radius 1 is 1.37 bits per heavy atom. The molecule has 3 aromatic rings. The number of furan rings is 1. The third kappa shape index (κ3) is 2.10. The second-order valence-corrected chi connectivity index (χ2v) is 4.39. The highest BCUT2D eigenvalue weighted by Crippen LogP contribution is 2.17. The molecule has 0 amide bonds. The van der Waals surface area contributed by atoms with Crippen molar-refractivity contribution in [2.24, 2.45) is 0 Å². The standard InChI is InChI=1S/C14H12N2O3/c1-9-2-4-11(19-9)7-16-8-15-12-6-10(14(17)18)3-5-13(12)16/h2-6,8H,7H2,1H3,(H,17,18). The van der Waals surface area contributed by atoms with E-state index >= 15 is 0 Å². The van der Waals surface area contributed by atoms with Gasteiger partial charge < -0.3 is 14.1 Å². The highest BCUT2D eigenvalue weighted by molar-refractivity contribution is 5.92. The number of aryl methyl sites for hydroxylation is 1. The average molecular weight is 256 g/mol. The van der Waals surface area contributed by atoms with E-state index in [0.717, 1.165) is 17.0 Å². The van der Waals surface area contributed by atoms with Crippen LogP contribution < -0.4 is 0 Å². The first-order chi connectivity index (χ1) is 9.13. The number of nitrogens with zero attached hydrogens (tertiary/aromatic N) is 2. The Balaban J connectivity index is 1.99. The summed E-state index contributed by atoms with van der Waals surface area (Å²) in [6, 6.07) is 8.75.